The maximum atomic E-state index is 12.9. The summed E-state index contributed by atoms with van der Waals surface area (Å²) >= 11 is 13.9. The summed E-state index contributed by atoms with van der Waals surface area (Å²) in [6.45, 7) is 0. The normalized spacial score (nSPS) is 12.5. The first-order chi connectivity index (χ1) is 11.6. The summed E-state index contributed by atoms with van der Waals surface area (Å²) in [5, 5.41) is 1.50. The lowest BCUT2D eigenvalue weighted by Crippen LogP contribution is -2.20. The molecule has 0 amide bonds. The first-order valence-electron chi connectivity index (χ1n) is 7.09. The molecular weight excluding hydrogens is 367 g/mol. The molecule has 7 heteroatoms. The quantitative estimate of drug-likeness (QED) is 0.496. The number of hydrogen-bond acceptors (Lipinski definition) is 4. The van der Waals surface area contributed by atoms with Gasteiger partial charge in [0.05, 0.1) is 21.4 Å². The number of nitrogens with one attached hydrogen (secondary N) is 1. The Hall–Kier alpha value is -1.53. The maximum Gasteiger partial charge on any atom is 0.218 e. The van der Waals surface area contributed by atoms with Gasteiger partial charge in [0.15, 0.2) is 5.44 Å². The van der Waals surface area contributed by atoms with Crippen LogP contribution < -0.4 is 0 Å². The Kier molecular flexibility index (Phi) is 5.15. The molecule has 0 aliphatic rings. The lowest BCUT2D eigenvalue weighted by molar-refractivity contribution is 0.0791. The van der Waals surface area contributed by atoms with Gasteiger partial charge in [-0.25, -0.2) is 0 Å². The maximum absolute atomic E-state index is 12.9. The van der Waals surface area contributed by atoms with Crippen molar-refractivity contribution in [3.05, 3.63) is 52.3 Å². The summed E-state index contributed by atoms with van der Waals surface area (Å²) in [4.78, 5) is 20.4. The molecule has 2 heterocycles. The second-order valence-electron chi connectivity index (χ2n) is 5.04. The van der Waals surface area contributed by atoms with Gasteiger partial charge in [-0.2, -0.15) is 0 Å². The second kappa shape index (κ2) is 7.15. The van der Waals surface area contributed by atoms with Crippen LogP contribution in [-0.4, -0.2) is 34.6 Å². The smallest absolute Gasteiger partial charge is 0.218 e. The molecule has 0 spiro atoms. The molecule has 0 saturated carbocycles. The summed E-state index contributed by atoms with van der Waals surface area (Å²) in [6, 6.07) is 9.00. The molecule has 0 saturated heterocycles. The highest BCUT2D eigenvalue weighted by Crippen LogP contribution is 2.40. The minimum Gasteiger partial charge on any atom is -0.362 e. The summed E-state index contributed by atoms with van der Waals surface area (Å²) < 4.78 is 5.27. The first-order valence-corrected chi connectivity index (χ1v) is 9.13. The molecular formula is C17H14Cl2N2O2S. The SMILES string of the molecule is COC(SC)C(=O)c1[nH]c2ccc(Cl)c(Cl)c2c1-c1ccccn1. The standard InChI is InChI=1S/C17H14Cl2N2O2S/c1-23-17(24-2)16(22)15-13(10-5-3-4-8-20-10)12-11(21-15)7-6-9(18)14(12)19/h3-8,17,21H,1-2H3. The Balaban J connectivity index is 2.34. The van der Waals surface area contributed by atoms with Gasteiger partial charge in [0.25, 0.3) is 0 Å². The molecule has 0 bridgehead atoms. The van der Waals surface area contributed by atoms with Crippen LogP contribution in [0.2, 0.25) is 10.0 Å². The van der Waals surface area contributed by atoms with Crippen LogP contribution in [0.25, 0.3) is 22.2 Å². The fourth-order valence-electron chi connectivity index (χ4n) is 2.60. The zero-order valence-electron chi connectivity index (χ0n) is 13.0. The predicted octanol–water partition coefficient (Wildman–Crippen LogP) is 5.05. The van der Waals surface area contributed by atoms with Crippen molar-refractivity contribution in [2.45, 2.75) is 5.44 Å². The monoisotopic (exact) mass is 380 g/mol. The number of ketones is 1. The van der Waals surface area contributed by atoms with Crippen molar-refractivity contribution in [2.24, 2.45) is 0 Å². The van der Waals surface area contributed by atoms with Gasteiger partial charge >= 0.3 is 0 Å². The van der Waals surface area contributed by atoms with Crippen molar-refractivity contribution < 1.29 is 9.53 Å². The summed E-state index contributed by atoms with van der Waals surface area (Å²) in [5.41, 5.74) is 1.81. The van der Waals surface area contributed by atoms with Crippen LogP contribution in [0.4, 0.5) is 0 Å². The highest BCUT2D eigenvalue weighted by molar-refractivity contribution is 7.99. The summed E-state index contributed by atoms with van der Waals surface area (Å²) in [5.74, 6) is -0.172. The molecule has 0 aliphatic heterocycles. The van der Waals surface area contributed by atoms with Gasteiger partial charge < -0.3 is 9.72 Å². The third kappa shape index (κ3) is 2.93. The number of benzene rings is 1. The van der Waals surface area contributed by atoms with E-state index in [1.807, 2.05) is 24.5 Å². The Morgan fingerprint density at radius 3 is 2.71 bits per heavy atom. The average molecular weight is 381 g/mol. The van der Waals surface area contributed by atoms with E-state index >= 15 is 0 Å². The number of hydrogen-bond donors (Lipinski definition) is 1. The van der Waals surface area contributed by atoms with Crippen LogP contribution in [0.15, 0.2) is 36.5 Å². The number of Topliss-reactive ketones (excluding diaryl/α,β-unsaturated/α-hetero) is 1. The lowest BCUT2D eigenvalue weighted by Gasteiger charge is -2.11. The van der Waals surface area contributed by atoms with Gasteiger partial charge in [-0.3, -0.25) is 9.78 Å². The number of pyridine rings is 1. The number of carbonyl (C=O) groups is 1. The van der Waals surface area contributed by atoms with E-state index in [1.54, 1.807) is 18.3 Å². The van der Waals surface area contributed by atoms with Crippen LogP contribution in [0.1, 0.15) is 10.5 Å². The summed E-state index contributed by atoms with van der Waals surface area (Å²) in [6.07, 6.45) is 3.49. The number of halogens is 2. The Morgan fingerprint density at radius 2 is 2.08 bits per heavy atom. The molecule has 3 aromatic rings. The van der Waals surface area contributed by atoms with Crippen LogP contribution in [0, 0.1) is 0 Å². The molecule has 1 aromatic carbocycles. The van der Waals surface area contributed by atoms with Crippen molar-refractivity contribution in [1.29, 1.82) is 0 Å². The Bertz CT molecular complexity index is 892. The first kappa shape index (κ1) is 17.3. The highest BCUT2D eigenvalue weighted by Gasteiger charge is 2.27. The van der Waals surface area contributed by atoms with E-state index in [4.69, 9.17) is 27.9 Å². The zero-order chi connectivity index (χ0) is 17.3. The van der Waals surface area contributed by atoms with E-state index in [0.29, 0.717) is 32.4 Å². The minimum absolute atomic E-state index is 0.172. The third-order valence-corrected chi connectivity index (χ3v) is 5.30. The fourth-order valence-corrected chi connectivity index (χ4v) is 3.54. The number of aromatic amines is 1. The molecule has 0 fully saturated rings. The molecule has 1 atom stereocenters. The van der Waals surface area contributed by atoms with E-state index in [2.05, 4.69) is 9.97 Å². The van der Waals surface area contributed by atoms with E-state index in [9.17, 15) is 4.79 Å². The second-order valence-corrected chi connectivity index (χ2v) is 6.73. The molecule has 1 unspecified atom stereocenters. The lowest BCUT2D eigenvalue weighted by atomic mass is 10.0. The van der Waals surface area contributed by atoms with E-state index in [1.165, 1.54) is 18.9 Å². The highest BCUT2D eigenvalue weighted by atomic mass is 35.5. The zero-order valence-corrected chi connectivity index (χ0v) is 15.3. The topological polar surface area (TPSA) is 55.0 Å². The van der Waals surface area contributed by atoms with E-state index < -0.39 is 5.44 Å². The molecule has 3 rings (SSSR count). The number of fused-ring (bicyclic) bond motifs is 1. The fraction of sp³-hybridized carbons (Fsp3) is 0.176. The van der Waals surface area contributed by atoms with E-state index in [0.717, 1.165) is 5.52 Å². The van der Waals surface area contributed by atoms with Crippen molar-refractivity contribution in [3.8, 4) is 11.3 Å². The molecule has 1 N–H and O–H groups in total. The number of ether oxygens (including phenoxy) is 1. The van der Waals surface area contributed by atoms with Crippen molar-refractivity contribution in [3.63, 3.8) is 0 Å². The number of nitrogens with zero attached hydrogens (tertiary/aromatic N) is 1. The molecule has 0 radical (unpaired) electrons. The molecule has 4 nitrogen and oxygen atoms in total. The van der Waals surface area contributed by atoms with Gasteiger partial charge in [-0.1, -0.05) is 29.3 Å². The molecule has 24 heavy (non-hydrogen) atoms. The number of H-pyrrole nitrogens is 1. The van der Waals surface area contributed by atoms with Crippen LogP contribution in [0.3, 0.4) is 0 Å². The van der Waals surface area contributed by atoms with Gasteiger partial charge in [-0.05, 0) is 30.5 Å². The van der Waals surface area contributed by atoms with Crippen molar-refractivity contribution in [1.82, 2.24) is 9.97 Å². The summed E-state index contributed by atoms with van der Waals surface area (Å²) in [7, 11) is 1.51. The van der Waals surface area contributed by atoms with Crippen LogP contribution in [-0.2, 0) is 4.74 Å². The van der Waals surface area contributed by atoms with Crippen LogP contribution >= 0.6 is 35.0 Å². The number of aromatic nitrogens is 2. The van der Waals surface area contributed by atoms with Gasteiger partial charge in [-0.15, -0.1) is 11.8 Å². The number of thioether (sulfide) groups is 1. The largest absolute Gasteiger partial charge is 0.362 e. The Labute approximate surface area is 153 Å². The Morgan fingerprint density at radius 1 is 1.29 bits per heavy atom. The van der Waals surface area contributed by atoms with Gasteiger partial charge in [0, 0.05) is 29.8 Å². The molecule has 2 aromatic heterocycles. The average Bonchev–Trinajstić information content (AvgIpc) is 3.00. The van der Waals surface area contributed by atoms with Crippen LogP contribution in [0.5, 0.6) is 0 Å². The van der Waals surface area contributed by atoms with Gasteiger partial charge in [0.2, 0.25) is 5.78 Å². The third-order valence-electron chi connectivity index (χ3n) is 3.66. The number of rotatable bonds is 5. The van der Waals surface area contributed by atoms with Crippen molar-refractivity contribution in [2.75, 3.05) is 13.4 Å². The predicted molar refractivity (Wildman–Crippen MR) is 100 cm³/mol. The number of methoxy groups -OCH3 is 1. The van der Waals surface area contributed by atoms with Gasteiger partial charge in [0.1, 0.15) is 0 Å². The van der Waals surface area contributed by atoms with Crippen molar-refractivity contribution >= 4 is 51.6 Å². The minimum atomic E-state index is -0.616. The number of carbonyl (C=O) groups excluding carboxylic acids is 1. The van der Waals surface area contributed by atoms with E-state index in [-0.39, 0.29) is 5.78 Å². The molecule has 124 valence electrons. The molecule has 0 aliphatic carbocycles.